The first-order valence-corrected chi connectivity index (χ1v) is 15.0. The minimum Gasteiger partial charge on any atom is -0.496 e. The molecule has 0 spiro atoms. The molecule has 2 aromatic carbocycles. The average molecular weight is 531 g/mol. The second-order valence-electron chi connectivity index (χ2n) is 11.8. The summed E-state index contributed by atoms with van der Waals surface area (Å²) < 4.78 is 7.75. The highest BCUT2D eigenvalue weighted by atomic mass is 32.2. The van der Waals surface area contributed by atoms with Gasteiger partial charge in [-0.25, -0.2) is 0 Å². The third-order valence-corrected chi connectivity index (χ3v) is 10.2. The Balaban J connectivity index is 1.16. The molecular weight excluding hydrogens is 492 g/mol. The van der Waals surface area contributed by atoms with Crippen LogP contribution in [0.5, 0.6) is 5.75 Å². The van der Waals surface area contributed by atoms with Crippen molar-refractivity contribution in [3.63, 3.8) is 0 Å². The topological polar surface area (TPSA) is 69.0 Å². The summed E-state index contributed by atoms with van der Waals surface area (Å²) >= 11 is 1.47. The molecule has 4 fully saturated rings. The van der Waals surface area contributed by atoms with E-state index in [2.05, 4.69) is 51.3 Å². The Morgan fingerprint density at radius 2 is 1.68 bits per heavy atom. The number of benzene rings is 2. The summed E-state index contributed by atoms with van der Waals surface area (Å²) in [4.78, 5) is 13.2. The Labute approximate surface area is 230 Å². The average Bonchev–Trinajstić information content (AvgIpc) is 3.33. The number of aryl methyl sites for hydroxylation is 1. The van der Waals surface area contributed by atoms with E-state index < -0.39 is 0 Å². The molecular formula is C31H38N4O2S. The molecule has 4 aliphatic rings. The zero-order chi connectivity index (χ0) is 26.1. The van der Waals surface area contributed by atoms with Gasteiger partial charge in [-0.1, -0.05) is 54.2 Å². The predicted octanol–water partition coefficient (Wildman–Crippen LogP) is 6.01. The summed E-state index contributed by atoms with van der Waals surface area (Å²) in [6, 6.07) is 18.6. The third-order valence-electron chi connectivity index (χ3n) is 9.25. The Morgan fingerprint density at radius 1 is 1.03 bits per heavy atom. The van der Waals surface area contributed by atoms with E-state index in [4.69, 9.17) is 4.74 Å². The molecule has 38 heavy (non-hydrogen) atoms. The SMILES string of the molecule is COc1ccccc1-c1nnc(SCC(=O)N[C@H](C)C23CC4CC(CC(C4)C2)C3)n1CCc1ccccc1. The van der Waals surface area contributed by atoms with Crippen LogP contribution in [0.1, 0.15) is 51.0 Å². The summed E-state index contributed by atoms with van der Waals surface area (Å²) in [6.07, 6.45) is 9.00. The highest BCUT2D eigenvalue weighted by Gasteiger charge is 2.53. The van der Waals surface area contributed by atoms with E-state index in [9.17, 15) is 4.79 Å². The lowest BCUT2D eigenvalue weighted by atomic mass is 9.48. The number of carbonyl (C=O) groups excluding carboxylic acids is 1. The number of hydrogen-bond donors (Lipinski definition) is 1. The largest absolute Gasteiger partial charge is 0.496 e. The summed E-state index contributed by atoms with van der Waals surface area (Å²) in [6.45, 7) is 2.97. The third kappa shape index (κ3) is 5.09. The van der Waals surface area contributed by atoms with Crippen LogP contribution >= 0.6 is 11.8 Å². The van der Waals surface area contributed by atoms with Crippen LogP contribution in [-0.2, 0) is 17.8 Å². The lowest BCUT2D eigenvalue weighted by Gasteiger charge is -2.59. The molecule has 200 valence electrons. The van der Waals surface area contributed by atoms with Crippen molar-refractivity contribution in [2.24, 2.45) is 23.2 Å². The molecule has 3 aromatic rings. The van der Waals surface area contributed by atoms with Crippen LogP contribution in [0.4, 0.5) is 0 Å². The van der Waals surface area contributed by atoms with Crippen molar-refractivity contribution in [3.05, 3.63) is 60.2 Å². The van der Waals surface area contributed by atoms with Gasteiger partial charge in [0.05, 0.1) is 18.4 Å². The second kappa shape index (κ2) is 10.8. The first-order chi connectivity index (χ1) is 18.5. The second-order valence-corrected chi connectivity index (χ2v) is 12.7. The van der Waals surface area contributed by atoms with E-state index in [0.717, 1.165) is 53.0 Å². The molecule has 1 atom stereocenters. The zero-order valence-electron chi connectivity index (χ0n) is 22.4. The van der Waals surface area contributed by atoms with Crippen molar-refractivity contribution in [3.8, 4) is 17.1 Å². The van der Waals surface area contributed by atoms with E-state index in [-0.39, 0.29) is 11.9 Å². The van der Waals surface area contributed by atoms with E-state index in [1.54, 1.807) is 7.11 Å². The van der Waals surface area contributed by atoms with Crippen LogP contribution in [0.15, 0.2) is 59.8 Å². The van der Waals surface area contributed by atoms with E-state index in [0.29, 0.717) is 11.2 Å². The number of aromatic nitrogens is 3. The van der Waals surface area contributed by atoms with Gasteiger partial charge in [-0.05, 0) is 92.7 Å². The van der Waals surface area contributed by atoms with Crippen LogP contribution < -0.4 is 10.1 Å². The summed E-state index contributed by atoms with van der Waals surface area (Å²) in [5.41, 5.74) is 2.47. The molecule has 4 aliphatic carbocycles. The van der Waals surface area contributed by atoms with Crippen molar-refractivity contribution in [2.45, 2.75) is 69.6 Å². The fourth-order valence-corrected chi connectivity index (χ4v) is 8.56. The Kier molecular flexibility index (Phi) is 7.21. The molecule has 1 amide bonds. The summed E-state index contributed by atoms with van der Waals surface area (Å²) in [5, 5.41) is 13.2. The number of ether oxygens (including phenoxy) is 1. The monoisotopic (exact) mass is 530 g/mol. The normalized spacial score (nSPS) is 26.3. The molecule has 6 nitrogen and oxygen atoms in total. The van der Waals surface area contributed by atoms with E-state index in [1.807, 2.05) is 30.3 Å². The lowest BCUT2D eigenvalue weighted by molar-refractivity contribution is -0.123. The molecule has 7 rings (SSSR count). The zero-order valence-corrected chi connectivity index (χ0v) is 23.3. The van der Waals surface area contributed by atoms with Crippen LogP contribution in [0.3, 0.4) is 0 Å². The highest BCUT2D eigenvalue weighted by molar-refractivity contribution is 7.99. The van der Waals surface area contributed by atoms with E-state index in [1.165, 1.54) is 55.9 Å². The molecule has 1 heterocycles. The lowest BCUT2D eigenvalue weighted by Crippen LogP contribution is -2.56. The van der Waals surface area contributed by atoms with Crippen LogP contribution in [0.2, 0.25) is 0 Å². The van der Waals surface area contributed by atoms with Gasteiger partial charge in [-0.2, -0.15) is 0 Å². The molecule has 1 aromatic heterocycles. The van der Waals surface area contributed by atoms with Gasteiger partial charge in [0.15, 0.2) is 11.0 Å². The van der Waals surface area contributed by atoms with Gasteiger partial charge in [0.2, 0.25) is 5.91 Å². The molecule has 0 saturated heterocycles. The van der Waals surface area contributed by atoms with Crippen molar-refractivity contribution < 1.29 is 9.53 Å². The van der Waals surface area contributed by atoms with Gasteiger partial charge in [0, 0.05) is 12.6 Å². The summed E-state index contributed by atoms with van der Waals surface area (Å²) in [5.74, 6) is 4.61. The number of methoxy groups -OCH3 is 1. The minimum absolute atomic E-state index is 0.0923. The smallest absolute Gasteiger partial charge is 0.230 e. The Hall–Kier alpha value is -2.80. The first kappa shape index (κ1) is 25.5. The molecule has 7 heteroatoms. The maximum atomic E-state index is 13.2. The highest BCUT2D eigenvalue weighted by Crippen LogP contribution is 2.61. The quantitative estimate of drug-likeness (QED) is 0.325. The van der Waals surface area contributed by atoms with Crippen molar-refractivity contribution in [1.82, 2.24) is 20.1 Å². The number of hydrogen-bond acceptors (Lipinski definition) is 5. The number of para-hydroxylation sites is 1. The van der Waals surface area contributed by atoms with Gasteiger partial charge in [0.1, 0.15) is 5.75 Å². The Morgan fingerprint density at radius 3 is 2.37 bits per heavy atom. The standard InChI is InChI=1S/C31H38N4O2S/c1-21(31-17-23-14-24(18-31)16-25(15-23)19-31)32-28(36)20-38-30-34-33-29(26-10-6-7-11-27(26)37-2)35(30)13-12-22-8-4-3-5-9-22/h3-11,21,23-25H,12-20H2,1-2H3,(H,32,36)/t21-,23?,24?,25?,31?/m1/s1. The first-order valence-electron chi connectivity index (χ1n) is 14.1. The Bertz CT molecular complexity index is 1240. The van der Waals surface area contributed by atoms with Crippen LogP contribution in [-0.4, -0.2) is 39.6 Å². The summed E-state index contributed by atoms with van der Waals surface area (Å²) in [7, 11) is 1.68. The molecule has 0 radical (unpaired) electrons. The maximum Gasteiger partial charge on any atom is 0.230 e. The van der Waals surface area contributed by atoms with Crippen molar-refractivity contribution in [1.29, 1.82) is 0 Å². The molecule has 0 aliphatic heterocycles. The van der Waals surface area contributed by atoms with Gasteiger partial charge in [-0.15, -0.1) is 10.2 Å². The maximum absolute atomic E-state index is 13.2. The fraction of sp³-hybridized carbons (Fsp3) is 0.516. The van der Waals surface area contributed by atoms with Gasteiger partial charge >= 0.3 is 0 Å². The van der Waals surface area contributed by atoms with Gasteiger partial charge in [0.25, 0.3) is 0 Å². The van der Waals surface area contributed by atoms with Gasteiger partial charge in [-0.3, -0.25) is 4.79 Å². The number of nitrogens with zero attached hydrogens (tertiary/aromatic N) is 3. The van der Waals surface area contributed by atoms with Crippen LogP contribution in [0.25, 0.3) is 11.4 Å². The number of thioether (sulfide) groups is 1. The van der Waals surface area contributed by atoms with E-state index >= 15 is 0 Å². The number of rotatable bonds is 10. The number of amides is 1. The molecule has 4 saturated carbocycles. The molecule has 4 bridgehead atoms. The predicted molar refractivity (Wildman–Crippen MR) is 151 cm³/mol. The van der Waals surface area contributed by atoms with Crippen molar-refractivity contribution in [2.75, 3.05) is 12.9 Å². The van der Waals surface area contributed by atoms with Crippen LogP contribution in [0, 0.1) is 23.2 Å². The number of nitrogens with one attached hydrogen (secondary N) is 1. The molecule has 1 N–H and O–H groups in total. The van der Waals surface area contributed by atoms with Crippen molar-refractivity contribution >= 4 is 17.7 Å². The minimum atomic E-state index is 0.0923. The fourth-order valence-electron chi connectivity index (χ4n) is 7.79. The van der Waals surface area contributed by atoms with Gasteiger partial charge < -0.3 is 14.6 Å². The molecule has 0 unspecified atom stereocenters. The number of carbonyl (C=O) groups is 1.